The zero-order valence-corrected chi connectivity index (χ0v) is 21.7. The summed E-state index contributed by atoms with van der Waals surface area (Å²) >= 11 is 0. The topological polar surface area (TPSA) is 63.4 Å². The Kier molecular flexibility index (Phi) is 7.04. The smallest absolute Gasteiger partial charge is 0.240 e. The molecule has 6 heteroatoms. The summed E-state index contributed by atoms with van der Waals surface area (Å²) in [6.07, 6.45) is 0.602. The maximum absolute atomic E-state index is 14.4. The summed E-state index contributed by atoms with van der Waals surface area (Å²) in [6, 6.07) is 30.4. The Labute approximate surface area is 227 Å². The summed E-state index contributed by atoms with van der Waals surface area (Å²) < 4.78 is 27.7. The first-order chi connectivity index (χ1) is 18.8. The number of nitrogens with two attached hydrogens (primary N) is 1. The van der Waals surface area contributed by atoms with Crippen molar-refractivity contribution in [1.29, 1.82) is 0 Å². The van der Waals surface area contributed by atoms with E-state index < -0.39 is 34.4 Å². The second kappa shape index (κ2) is 10.4. The highest BCUT2D eigenvalue weighted by molar-refractivity contribution is 5.97. The van der Waals surface area contributed by atoms with Crippen molar-refractivity contribution in [2.75, 3.05) is 6.54 Å². The van der Waals surface area contributed by atoms with Gasteiger partial charge in [0.1, 0.15) is 23.1 Å². The molecule has 198 valence electrons. The summed E-state index contributed by atoms with van der Waals surface area (Å²) in [6.45, 7) is 2.32. The standard InChI is InChI=1S/C33H30F2N2O2/c1-32(23-8-4-2-5-9-23,24-10-6-3-7-11-24)22-29(30(36)38)37-21-20-33(31(37)39,25-12-16-27(34)17-13-25)26-14-18-28(35)19-15-26/h2-19,29H,20-22H2,1H3,(H2,36,38). The fourth-order valence-corrected chi connectivity index (χ4v) is 5.98. The molecule has 39 heavy (non-hydrogen) atoms. The third-order valence-electron chi connectivity index (χ3n) is 8.16. The van der Waals surface area contributed by atoms with Crippen LogP contribution in [-0.4, -0.2) is 29.3 Å². The van der Waals surface area contributed by atoms with Crippen molar-refractivity contribution in [3.8, 4) is 0 Å². The minimum Gasteiger partial charge on any atom is -0.368 e. The van der Waals surface area contributed by atoms with Crippen LogP contribution in [0, 0.1) is 11.6 Å². The van der Waals surface area contributed by atoms with E-state index in [-0.39, 0.29) is 18.9 Å². The lowest BCUT2D eigenvalue weighted by Crippen LogP contribution is -2.51. The number of nitrogens with zero attached hydrogens (tertiary/aromatic N) is 1. The van der Waals surface area contributed by atoms with E-state index in [1.165, 1.54) is 24.3 Å². The lowest BCUT2D eigenvalue weighted by Gasteiger charge is -2.38. The van der Waals surface area contributed by atoms with E-state index in [2.05, 4.69) is 6.92 Å². The zero-order valence-electron chi connectivity index (χ0n) is 21.7. The SMILES string of the molecule is CC(CC(C(N)=O)N1CCC(c2ccc(F)cc2)(c2ccc(F)cc2)C1=O)(c1ccccc1)c1ccccc1. The molecule has 4 aromatic carbocycles. The number of amides is 2. The molecular formula is C33H30F2N2O2. The number of halogens is 2. The summed E-state index contributed by atoms with van der Waals surface area (Å²) in [5.74, 6) is -1.76. The molecule has 4 aromatic rings. The molecule has 1 unspecified atom stereocenters. The predicted molar refractivity (Wildman–Crippen MR) is 147 cm³/mol. The molecule has 1 aliphatic rings. The van der Waals surface area contributed by atoms with Gasteiger partial charge in [-0.15, -0.1) is 0 Å². The van der Waals surface area contributed by atoms with Crippen LogP contribution in [0.5, 0.6) is 0 Å². The molecule has 0 saturated carbocycles. The molecular weight excluding hydrogens is 494 g/mol. The summed E-state index contributed by atoms with van der Waals surface area (Å²) in [5, 5.41) is 0. The van der Waals surface area contributed by atoms with Gasteiger partial charge in [-0.2, -0.15) is 0 Å². The van der Waals surface area contributed by atoms with Gasteiger partial charge in [-0.3, -0.25) is 9.59 Å². The third kappa shape index (κ3) is 4.71. The quantitative estimate of drug-likeness (QED) is 0.320. The van der Waals surface area contributed by atoms with E-state index >= 15 is 0 Å². The average Bonchev–Trinajstić information content (AvgIpc) is 3.30. The van der Waals surface area contributed by atoms with Crippen LogP contribution in [0.25, 0.3) is 0 Å². The Bertz CT molecular complexity index is 1370. The number of hydrogen-bond donors (Lipinski definition) is 1. The fraction of sp³-hybridized carbons (Fsp3) is 0.212. The van der Waals surface area contributed by atoms with Crippen molar-refractivity contribution in [3.05, 3.63) is 143 Å². The van der Waals surface area contributed by atoms with Gasteiger partial charge in [-0.1, -0.05) is 91.9 Å². The number of likely N-dealkylation sites (tertiary alicyclic amines) is 1. The van der Waals surface area contributed by atoms with Crippen LogP contribution >= 0.6 is 0 Å². The number of benzene rings is 4. The molecule has 1 aliphatic heterocycles. The second-order valence-corrected chi connectivity index (χ2v) is 10.4. The van der Waals surface area contributed by atoms with Gasteiger partial charge in [0.2, 0.25) is 11.8 Å². The molecule has 2 N–H and O–H groups in total. The molecule has 0 radical (unpaired) electrons. The highest BCUT2D eigenvalue weighted by atomic mass is 19.1. The zero-order chi connectivity index (χ0) is 27.6. The third-order valence-corrected chi connectivity index (χ3v) is 8.16. The van der Waals surface area contributed by atoms with Crippen LogP contribution in [0.2, 0.25) is 0 Å². The Morgan fingerprint density at radius 2 is 1.26 bits per heavy atom. The molecule has 0 bridgehead atoms. The van der Waals surface area contributed by atoms with Gasteiger partial charge in [0, 0.05) is 12.0 Å². The first-order valence-electron chi connectivity index (χ1n) is 13.0. The molecule has 0 aliphatic carbocycles. The first-order valence-corrected chi connectivity index (χ1v) is 13.0. The number of carbonyl (C=O) groups excluding carboxylic acids is 2. The van der Waals surface area contributed by atoms with E-state index in [0.717, 1.165) is 11.1 Å². The van der Waals surface area contributed by atoms with Crippen LogP contribution in [0.3, 0.4) is 0 Å². The largest absolute Gasteiger partial charge is 0.368 e. The van der Waals surface area contributed by atoms with Gasteiger partial charge in [0.15, 0.2) is 0 Å². The van der Waals surface area contributed by atoms with Gasteiger partial charge < -0.3 is 10.6 Å². The predicted octanol–water partition coefficient (Wildman–Crippen LogP) is 5.73. The highest BCUT2D eigenvalue weighted by Crippen LogP contribution is 2.45. The molecule has 0 aromatic heterocycles. The molecule has 1 saturated heterocycles. The Morgan fingerprint density at radius 1 is 0.821 bits per heavy atom. The maximum atomic E-state index is 14.4. The van der Waals surface area contributed by atoms with Crippen LogP contribution < -0.4 is 5.73 Å². The lowest BCUT2D eigenvalue weighted by molar-refractivity contribution is -0.139. The lowest BCUT2D eigenvalue weighted by atomic mass is 9.71. The fourth-order valence-electron chi connectivity index (χ4n) is 5.98. The number of primary amides is 1. The highest BCUT2D eigenvalue weighted by Gasteiger charge is 2.52. The van der Waals surface area contributed by atoms with Crippen molar-refractivity contribution in [1.82, 2.24) is 4.90 Å². The number of carbonyl (C=O) groups is 2. The summed E-state index contributed by atoms with van der Waals surface area (Å²) in [5.41, 5.74) is 7.35. The minimum atomic E-state index is -1.20. The first kappa shape index (κ1) is 26.3. The minimum absolute atomic E-state index is 0.265. The summed E-state index contributed by atoms with van der Waals surface area (Å²) in [7, 11) is 0. The van der Waals surface area contributed by atoms with E-state index in [9.17, 15) is 18.4 Å². The van der Waals surface area contributed by atoms with Gasteiger partial charge in [0.05, 0.1) is 0 Å². The van der Waals surface area contributed by atoms with Crippen LogP contribution in [0.1, 0.15) is 42.0 Å². The monoisotopic (exact) mass is 524 g/mol. The molecule has 0 spiro atoms. The molecule has 1 fully saturated rings. The van der Waals surface area contributed by atoms with Gasteiger partial charge in [-0.25, -0.2) is 8.78 Å². The van der Waals surface area contributed by atoms with Crippen molar-refractivity contribution in [2.24, 2.45) is 5.73 Å². The molecule has 2 amide bonds. The van der Waals surface area contributed by atoms with Crippen molar-refractivity contribution in [2.45, 2.75) is 36.6 Å². The van der Waals surface area contributed by atoms with Crippen molar-refractivity contribution >= 4 is 11.8 Å². The van der Waals surface area contributed by atoms with Crippen LogP contribution in [0.4, 0.5) is 8.78 Å². The molecule has 1 atom stereocenters. The Hall–Kier alpha value is -4.32. The van der Waals surface area contributed by atoms with E-state index in [0.29, 0.717) is 17.5 Å². The van der Waals surface area contributed by atoms with Crippen LogP contribution in [-0.2, 0) is 20.4 Å². The van der Waals surface area contributed by atoms with Crippen molar-refractivity contribution in [3.63, 3.8) is 0 Å². The van der Waals surface area contributed by atoms with Gasteiger partial charge >= 0.3 is 0 Å². The van der Waals surface area contributed by atoms with Crippen LogP contribution in [0.15, 0.2) is 109 Å². The maximum Gasteiger partial charge on any atom is 0.240 e. The molecule has 5 rings (SSSR count). The normalized spacial score (nSPS) is 15.8. The van der Waals surface area contributed by atoms with E-state index in [4.69, 9.17) is 5.73 Å². The number of rotatable bonds is 8. The summed E-state index contributed by atoms with van der Waals surface area (Å²) in [4.78, 5) is 29.1. The van der Waals surface area contributed by atoms with E-state index in [1.54, 1.807) is 29.2 Å². The Morgan fingerprint density at radius 3 is 1.67 bits per heavy atom. The van der Waals surface area contributed by atoms with Crippen molar-refractivity contribution < 1.29 is 18.4 Å². The molecule has 1 heterocycles. The molecule has 4 nitrogen and oxygen atoms in total. The van der Waals surface area contributed by atoms with Gasteiger partial charge in [0.25, 0.3) is 0 Å². The average molecular weight is 525 g/mol. The van der Waals surface area contributed by atoms with Gasteiger partial charge in [-0.05, 0) is 59.4 Å². The van der Waals surface area contributed by atoms with E-state index in [1.807, 2.05) is 60.7 Å². The number of hydrogen-bond acceptors (Lipinski definition) is 2. The Balaban J connectivity index is 1.59. The second-order valence-electron chi connectivity index (χ2n) is 10.4.